The zero-order chi connectivity index (χ0) is 15.7. The zero-order valence-corrected chi connectivity index (χ0v) is 15.4. The van der Waals surface area contributed by atoms with Gasteiger partial charge in [0.15, 0.2) is 0 Å². The van der Waals surface area contributed by atoms with E-state index in [0.717, 1.165) is 15.8 Å². The Labute approximate surface area is 140 Å². The second-order valence-electron chi connectivity index (χ2n) is 5.42. The Morgan fingerprint density at radius 3 is 2.10 bits per heavy atom. The minimum Gasteiger partial charge on any atom is -0.496 e. The first kappa shape index (κ1) is 16.4. The summed E-state index contributed by atoms with van der Waals surface area (Å²) in [5, 5.41) is -0.216. The average Bonchev–Trinajstić information content (AvgIpc) is 2.45. The molecule has 0 radical (unpaired) electrons. The Balaban J connectivity index is 2.63. The van der Waals surface area contributed by atoms with Crippen molar-refractivity contribution in [1.29, 1.82) is 0 Å². The predicted octanol–water partition coefficient (Wildman–Crippen LogP) is 6.02. The van der Waals surface area contributed by atoms with E-state index in [9.17, 15) is 0 Å². The first-order chi connectivity index (χ1) is 9.86. The summed E-state index contributed by atoms with van der Waals surface area (Å²) in [4.78, 5) is 0. The molecule has 2 aromatic rings. The van der Waals surface area contributed by atoms with Gasteiger partial charge in [0.05, 0.1) is 12.5 Å². The molecule has 112 valence electrons. The quantitative estimate of drug-likeness (QED) is 0.603. The highest BCUT2D eigenvalue weighted by Crippen LogP contribution is 2.40. The fourth-order valence-electron chi connectivity index (χ4n) is 2.68. The summed E-state index contributed by atoms with van der Waals surface area (Å²) in [5.74, 6) is 0.808. The van der Waals surface area contributed by atoms with E-state index in [1.807, 2.05) is 18.2 Å². The van der Waals surface area contributed by atoms with Crippen LogP contribution in [0.5, 0.6) is 5.75 Å². The molecule has 0 aliphatic carbocycles. The van der Waals surface area contributed by atoms with Gasteiger partial charge in [-0.15, -0.1) is 11.6 Å². The predicted molar refractivity (Wildman–Crippen MR) is 93.8 cm³/mol. The highest BCUT2D eigenvalue weighted by atomic mass is 79.9. The van der Waals surface area contributed by atoms with Crippen molar-refractivity contribution in [2.24, 2.45) is 0 Å². The molecule has 0 fully saturated rings. The van der Waals surface area contributed by atoms with Crippen molar-refractivity contribution in [3.05, 3.63) is 62.1 Å². The van der Waals surface area contributed by atoms with Crippen molar-refractivity contribution >= 4 is 27.5 Å². The smallest absolute Gasteiger partial charge is 0.125 e. The van der Waals surface area contributed by atoms with E-state index in [4.69, 9.17) is 16.3 Å². The molecule has 2 rings (SSSR count). The lowest BCUT2D eigenvalue weighted by Gasteiger charge is -2.21. The minimum absolute atomic E-state index is 0.216. The van der Waals surface area contributed by atoms with Gasteiger partial charge in [-0.2, -0.15) is 0 Å². The van der Waals surface area contributed by atoms with Crippen molar-refractivity contribution in [2.75, 3.05) is 7.11 Å². The van der Waals surface area contributed by atoms with Gasteiger partial charge in [0.1, 0.15) is 5.75 Å². The number of halogens is 2. The van der Waals surface area contributed by atoms with Crippen molar-refractivity contribution in [1.82, 2.24) is 0 Å². The Morgan fingerprint density at radius 1 is 1.00 bits per heavy atom. The molecular weight excluding hydrogens is 348 g/mol. The normalized spacial score (nSPS) is 12.3. The van der Waals surface area contributed by atoms with Gasteiger partial charge in [-0.3, -0.25) is 0 Å². The number of hydrogen-bond acceptors (Lipinski definition) is 1. The number of benzene rings is 2. The lowest BCUT2D eigenvalue weighted by Crippen LogP contribution is -2.05. The molecule has 0 aliphatic rings. The fourth-order valence-corrected chi connectivity index (χ4v) is 3.53. The van der Waals surface area contributed by atoms with E-state index in [-0.39, 0.29) is 5.38 Å². The van der Waals surface area contributed by atoms with Crippen LogP contribution >= 0.6 is 27.5 Å². The molecule has 0 spiro atoms. The number of methoxy groups -OCH3 is 1. The minimum atomic E-state index is -0.216. The monoisotopic (exact) mass is 366 g/mol. The molecule has 1 atom stereocenters. The van der Waals surface area contributed by atoms with E-state index < -0.39 is 0 Å². The number of alkyl halides is 1. The highest BCUT2D eigenvalue weighted by Gasteiger charge is 2.21. The van der Waals surface area contributed by atoms with E-state index in [0.29, 0.717) is 0 Å². The molecule has 0 aromatic heterocycles. The number of rotatable bonds is 3. The van der Waals surface area contributed by atoms with Crippen molar-refractivity contribution < 1.29 is 4.74 Å². The third-order valence-corrected chi connectivity index (χ3v) is 5.09. The van der Waals surface area contributed by atoms with Crippen LogP contribution in [0.2, 0.25) is 0 Å². The van der Waals surface area contributed by atoms with Crippen molar-refractivity contribution in [2.45, 2.75) is 33.1 Å². The summed E-state index contributed by atoms with van der Waals surface area (Å²) < 4.78 is 6.48. The number of hydrogen-bond donors (Lipinski definition) is 0. The Bertz CT molecular complexity index is 653. The molecule has 0 heterocycles. The van der Waals surface area contributed by atoms with Crippen LogP contribution in [0.1, 0.15) is 38.8 Å². The summed E-state index contributed by atoms with van der Waals surface area (Å²) in [6.07, 6.45) is 0. The third-order valence-electron chi connectivity index (χ3n) is 4.15. The molecule has 0 amide bonds. The van der Waals surface area contributed by atoms with Gasteiger partial charge < -0.3 is 4.74 Å². The zero-order valence-electron chi connectivity index (χ0n) is 13.1. The molecule has 21 heavy (non-hydrogen) atoms. The topological polar surface area (TPSA) is 9.23 Å². The second-order valence-corrected chi connectivity index (χ2v) is 6.77. The van der Waals surface area contributed by atoms with E-state index in [2.05, 4.69) is 49.7 Å². The van der Waals surface area contributed by atoms with Crippen molar-refractivity contribution in [3.8, 4) is 5.75 Å². The Hall–Kier alpha value is -0.990. The van der Waals surface area contributed by atoms with Crippen LogP contribution < -0.4 is 4.74 Å². The van der Waals surface area contributed by atoms with Gasteiger partial charge in [0, 0.05) is 10.0 Å². The fraction of sp³-hybridized carbons (Fsp3) is 0.333. The van der Waals surface area contributed by atoms with Crippen LogP contribution in [0.15, 0.2) is 28.7 Å². The van der Waals surface area contributed by atoms with Gasteiger partial charge in [-0.25, -0.2) is 0 Å². The van der Waals surface area contributed by atoms with Crippen LogP contribution in [-0.2, 0) is 0 Å². The molecule has 0 bridgehead atoms. The Kier molecular flexibility index (Phi) is 5.00. The standard InChI is InChI=1S/C18H20BrClO/c1-10-8-11(2)13(4)17(12(10)3)18(20)15-7-6-14(19)9-16(15)21-5/h6-9,18H,1-5H3. The first-order valence-corrected chi connectivity index (χ1v) is 8.14. The number of ether oxygens (including phenoxy) is 1. The number of aryl methyl sites for hydroxylation is 2. The molecule has 0 saturated carbocycles. The van der Waals surface area contributed by atoms with Gasteiger partial charge in [-0.1, -0.05) is 28.1 Å². The van der Waals surface area contributed by atoms with Crippen LogP contribution in [0.25, 0.3) is 0 Å². The highest BCUT2D eigenvalue weighted by molar-refractivity contribution is 9.10. The molecule has 3 heteroatoms. The van der Waals surface area contributed by atoms with Crippen LogP contribution in [0.3, 0.4) is 0 Å². The largest absolute Gasteiger partial charge is 0.496 e. The van der Waals surface area contributed by atoms with Gasteiger partial charge in [0.2, 0.25) is 0 Å². The molecular formula is C18H20BrClO. The SMILES string of the molecule is COc1cc(Br)ccc1C(Cl)c1c(C)c(C)cc(C)c1C. The summed E-state index contributed by atoms with van der Waals surface area (Å²) in [6, 6.07) is 8.20. The molecule has 1 nitrogen and oxygen atoms in total. The van der Waals surface area contributed by atoms with Gasteiger partial charge in [-0.05, 0) is 67.6 Å². The van der Waals surface area contributed by atoms with Gasteiger partial charge in [0.25, 0.3) is 0 Å². The van der Waals surface area contributed by atoms with E-state index in [1.165, 1.54) is 27.8 Å². The maximum atomic E-state index is 6.83. The molecule has 0 saturated heterocycles. The van der Waals surface area contributed by atoms with Crippen LogP contribution in [0.4, 0.5) is 0 Å². The van der Waals surface area contributed by atoms with Crippen LogP contribution in [0, 0.1) is 27.7 Å². The lowest BCUT2D eigenvalue weighted by atomic mass is 9.89. The molecule has 1 unspecified atom stereocenters. The summed E-state index contributed by atoms with van der Waals surface area (Å²) >= 11 is 10.3. The maximum absolute atomic E-state index is 6.83. The van der Waals surface area contributed by atoms with Crippen molar-refractivity contribution in [3.63, 3.8) is 0 Å². The maximum Gasteiger partial charge on any atom is 0.125 e. The summed E-state index contributed by atoms with van der Waals surface area (Å²) in [7, 11) is 1.68. The van der Waals surface area contributed by atoms with E-state index in [1.54, 1.807) is 7.11 Å². The second kappa shape index (κ2) is 6.41. The molecule has 0 N–H and O–H groups in total. The van der Waals surface area contributed by atoms with E-state index >= 15 is 0 Å². The first-order valence-electron chi connectivity index (χ1n) is 6.91. The lowest BCUT2D eigenvalue weighted by molar-refractivity contribution is 0.410. The molecule has 0 aliphatic heterocycles. The summed E-state index contributed by atoms with van der Waals surface area (Å²) in [6.45, 7) is 8.54. The summed E-state index contributed by atoms with van der Waals surface area (Å²) in [5.41, 5.74) is 7.24. The molecule has 2 aromatic carbocycles. The van der Waals surface area contributed by atoms with Crippen LogP contribution in [-0.4, -0.2) is 7.11 Å². The average molecular weight is 368 g/mol. The third kappa shape index (κ3) is 3.12. The van der Waals surface area contributed by atoms with Gasteiger partial charge >= 0.3 is 0 Å². The Morgan fingerprint density at radius 2 is 1.57 bits per heavy atom.